The predicted octanol–water partition coefficient (Wildman–Crippen LogP) is 5.15. The van der Waals surface area contributed by atoms with Gasteiger partial charge < -0.3 is 5.32 Å². The summed E-state index contributed by atoms with van der Waals surface area (Å²) >= 11 is 5.34. The third-order valence-electron chi connectivity index (χ3n) is 3.45. The summed E-state index contributed by atoms with van der Waals surface area (Å²) in [6.45, 7) is 3.18. The molecule has 21 heavy (non-hydrogen) atoms. The van der Waals surface area contributed by atoms with Gasteiger partial charge >= 0.3 is 0 Å². The van der Waals surface area contributed by atoms with Crippen LogP contribution in [0.5, 0.6) is 0 Å². The summed E-state index contributed by atoms with van der Waals surface area (Å²) in [6, 6.07) is 15.0. The van der Waals surface area contributed by atoms with E-state index in [1.54, 1.807) is 11.3 Å². The topological polar surface area (TPSA) is 24.9 Å². The van der Waals surface area contributed by atoms with Crippen LogP contribution in [0.4, 0.5) is 0 Å². The fraction of sp³-hybridized carbons (Fsp3) is 0.235. The largest absolute Gasteiger partial charge is 0.306 e. The second kappa shape index (κ2) is 6.69. The highest BCUT2D eigenvalue weighted by Gasteiger charge is 2.18. The van der Waals surface area contributed by atoms with Crippen molar-refractivity contribution in [3.63, 3.8) is 0 Å². The summed E-state index contributed by atoms with van der Waals surface area (Å²) in [5, 5.41) is 4.85. The fourth-order valence-electron chi connectivity index (χ4n) is 2.50. The highest BCUT2D eigenvalue weighted by Crippen LogP contribution is 2.33. The van der Waals surface area contributed by atoms with Crippen molar-refractivity contribution in [1.82, 2.24) is 10.3 Å². The normalized spacial score (nSPS) is 12.7. The second-order valence-electron chi connectivity index (χ2n) is 4.95. The number of halogens is 1. The number of hydrogen-bond acceptors (Lipinski definition) is 3. The van der Waals surface area contributed by atoms with Crippen LogP contribution in [0, 0.1) is 0 Å². The van der Waals surface area contributed by atoms with Crippen LogP contribution < -0.4 is 5.32 Å². The zero-order chi connectivity index (χ0) is 14.7. The van der Waals surface area contributed by atoms with Crippen LogP contribution in [0.3, 0.4) is 0 Å². The van der Waals surface area contributed by atoms with Gasteiger partial charge in [-0.1, -0.05) is 31.2 Å². The Morgan fingerprint density at radius 1 is 1.19 bits per heavy atom. The Hall–Kier alpha value is -1.23. The van der Waals surface area contributed by atoms with E-state index in [0.717, 1.165) is 22.3 Å². The van der Waals surface area contributed by atoms with Crippen molar-refractivity contribution >= 4 is 38.2 Å². The molecule has 1 atom stereocenters. The van der Waals surface area contributed by atoms with Crippen molar-refractivity contribution in [2.24, 2.45) is 0 Å². The smallest absolute Gasteiger partial charge is 0.0753 e. The lowest BCUT2D eigenvalue weighted by molar-refractivity contribution is 0.608. The number of hydrogen-bond donors (Lipinski definition) is 1. The maximum absolute atomic E-state index is 4.60. The Balaban J connectivity index is 2.09. The van der Waals surface area contributed by atoms with Gasteiger partial charge in [0.25, 0.3) is 0 Å². The average Bonchev–Trinajstić information content (AvgIpc) is 2.94. The minimum Gasteiger partial charge on any atom is -0.306 e. The molecule has 108 valence electrons. The molecule has 0 amide bonds. The first kappa shape index (κ1) is 14.7. The lowest BCUT2D eigenvalue weighted by Crippen LogP contribution is -2.22. The number of pyridine rings is 1. The van der Waals surface area contributed by atoms with Crippen LogP contribution in [-0.2, 0) is 0 Å². The van der Waals surface area contributed by atoms with Crippen LogP contribution in [0.1, 0.15) is 29.8 Å². The van der Waals surface area contributed by atoms with E-state index in [2.05, 4.69) is 69.6 Å². The molecule has 1 aromatic carbocycles. The molecule has 0 fully saturated rings. The lowest BCUT2D eigenvalue weighted by atomic mass is 10.0. The Bertz CT molecular complexity index is 733. The third kappa shape index (κ3) is 3.18. The first-order valence-electron chi connectivity index (χ1n) is 7.12. The van der Waals surface area contributed by atoms with Crippen molar-refractivity contribution in [3.05, 3.63) is 62.9 Å². The highest BCUT2D eigenvalue weighted by atomic mass is 79.9. The van der Waals surface area contributed by atoms with Crippen molar-refractivity contribution in [2.75, 3.05) is 6.54 Å². The molecule has 0 aliphatic rings. The standard InChI is InChI=1S/C17H17BrN2S/c1-2-10-19-17(14-8-9-15(18)21-14)13-7-3-5-12-6-4-11-20-16(12)13/h3-9,11,17,19H,2,10H2,1H3. The van der Waals surface area contributed by atoms with Gasteiger partial charge in [-0.2, -0.15) is 0 Å². The van der Waals surface area contributed by atoms with Gasteiger partial charge in [-0.05, 0) is 47.1 Å². The molecule has 0 radical (unpaired) electrons. The van der Waals surface area contributed by atoms with Gasteiger partial charge in [0.1, 0.15) is 0 Å². The number of fused-ring (bicyclic) bond motifs is 1. The molecule has 1 N–H and O–H groups in total. The zero-order valence-electron chi connectivity index (χ0n) is 11.8. The van der Waals surface area contributed by atoms with Gasteiger partial charge in [-0.3, -0.25) is 4.98 Å². The van der Waals surface area contributed by atoms with Crippen molar-refractivity contribution < 1.29 is 0 Å². The van der Waals surface area contributed by atoms with Crippen molar-refractivity contribution in [3.8, 4) is 0 Å². The quantitative estimate of drug-likeness (QED) is 0.680. The molecule has 3 aromatic rings. The van der Waals surface area contributed by atoms with E-state index < -0.39 is 0 Å². The fourth-order valence-corrected chi connectivity index (χ4v) is 4.02. The number of nitrogens with zero attached hydrogens (tertiary/aromatic N) is 1. The number of para-hydroxylation sites is 1. The van der Waals surface area contributed by atoms with E-state index in [4.69, 9.17) is 0 Å². The minimum absolute atomic E-state index is 0.194. The van der Waals surface area contributed by atoms with Gasteiger partial charge in [0.05, 0.1) is 15.3 Å². The van der Waals surface area contributed by atoms with E-state index >= 15 is 0 Å². The Morgan fingerprint density at radius 2 is 2.05 bits per heavy atom. The minimum atomic E-state index is 0.194. The van der Waals surface area contributed by atoms with Crippen LogP contribution in [-0.4, -0.2) is 11.5 Å². The van der Waals surface area contributed by atoms with Gasteiger partial charge in [0, 0.05) is 22.0 Å². The van der Waals surface area contributed by atoms with Gasteiger partial charge in [0.2, 0.25) is 0 Å². The monoisotopic (exact) mass is 360 g/mol. The molecule has 0 aliphatic carbocycles. The predicted molar refractivity (Wildman–Crippen MR) is 93.9 cm³/mol. The van der Waals surface area contributed by atoms with Crippen LogP contribution in [0.25, 0.3) is 10.9 Å². The molecule has 0 saturated heterocycles. The van der Waals surface area contributed by atoms with E-state index in [1.165, 1.54) is 15.8 Å². The lowest BCUT2D eigenvalue weighted by Gasteiger charge is -2.19. The molecule has 2 aromatic heterocycles. The van der Waals surface area contributed by atoms with E-state index in [1.807, 2.05) is 12.3 Å². The molecule has 0 bridgehead atoms. The molecule has 3 rings (SSSR count). The molecule has 0 saturated carbocycles. The van der Waals surface area contributed by atoms with Crippen molar-refractivity contribution in [2.45, 2.75) is 19.4 Å². The van der Waals surface area contributed by atoms with Gasteiger partial charge in [-0.15, -0.1) is 11.3 Å². The summed E-state index contributed by atoms with van der Waals surface area (Å²) in [5.41, 5.74) is 2.33. The second-order valence-corrected chi connectivity index (χ2v) is 7.45. The average molecular weight is 361 g/mol. The zero-order valence-corrected chi connectivity index (χ0v) is 14.2. The van der Waals surface area contributed by atoms with Gasteiger partial charge in [-0.25, -0.2) is 0 Å². The number of benzene rings is 1. The first-order chi connectivity index (χ1) is 10.3. The molecule has 1 unspecified atom stereocenters. The van der Waals surface area contributed by atoms with Crippen LogP contribution in [0.2, 0.25) is 0 Å². The van der Waals surface area contributed by atoms with E-state index in [0.29, 0.717) is 0 Å². The molecule has 2 heterocycles. The Morgan fingerprint density at radius 3 is 2.81 bits per heavy atom. The molecule has 4 heteroatoms. The Labute approximate surface area is 137 Å². The van der Waals surface area contributed by atoms with E-state index in [-0.39, 0.29) is 6.04 Å². The van der Waals surface area contributed by atoms with Crippen LogP contribution >= 0.6 is 27.3 Å². The summed E-state index contributed by atoms with van der Waals surface area (Å²) in [4.78, 5) is 5.91. The number of aromatic nitrogens is 1. The Kier molecular flexibility index (Phi) is 4.68. The summed E-state index contributed by atoms with van der Waals surface area (Å²) in [7, 11) is 0. The number of thiophene rings is 1. The molecular weight excluding hydrogens is 344 g/mol. The maximum atomic E-state index is 4.60. The van der Waals surface area contributed by atoms with E-state index in [9.17, 15) is 0 Å². The van der Waals surface area contributed by atoms with Crippen molar-refractivity contribution in [1.29, 1.82) is 0 Å². The first-order valence-corrected chi connectivity index (χ1v) is 8.73. The molecule has 0 spiro atoms. The SMILES string of the molecule is CCCNC(c1ccc(Br)s1)c1cccc2cccnc12. The summed E-state index contributed by atoms with van der Waals surface area (Å²) in [6.07, 6.45) is 2.98. The molecule has 0 aliphatic heterocycles. The molecular formula is C17H17BrN2S. The highest BCUT2D eigenvalue weighted by molar-refractivity contribution is 9.11. The molecule has 2 nitrogen and oxygen atoms in total. The van der Waals surface area contributed by atoms with Gasteiger partial charge in [0.15, 0.2) is 0 Å². The number of nitrogens with one attached hydrogen (secondary N) is 1. The maximum Gasteiger partial charge on any atom is 0.0753 e. The summed E-state index contributed by atoms with van der Waals surface area (Å²) in [5.74, 6) is 0. The summed E-state index contributed by atoms with van der Waals surface area (Å²) < 4.78 is 1.16. The third-order valence-corrected chi connectivity index (χ3v) is 5.14. The van der Waals surface area contributed by atoms with Crippen LogP contribution in [0.15, 0.2) is 52.4 Å². The number of rotatable bonds is 5.